The van der Waals surface area contributed by atoms with E-state index in [1.165, 1.54) is 23.2 Å². The zero-order valence-corrected chi connectivity index (χ0v) is 19.1. The molecule has 3 aromatic heterocycles. The number of imidazole rings is 1. The number of aryl methyl sites for hydroxylation is 4. The fourth-order valence-corrected chi connectivity index (χ4v) is 3.53. The summed E-state index contributed by atoms with van der Waals surface area (Å²) in [4.78, 5) is 55.7. The highest BCUT2D eigenvalue weighted by atomic mass is 16.3. The van der Waals surface area contributed by atoms with Crippen LogP contribution in [0.15, 0.2) is 42.5 Å². The zero-order valence-electron chi connectivity index (χ0n) is 19.1. The van der Waals surface area contributed by atoms with E-state index in [0.717, 1.165) is 26.5 Å². The van der Waals surface area contributed by atoms with E-state index < -0.39 is 28.4 Å². The summed E-state index contributed by atoms with van der Waals surface area (Å²) in [6, 6.07) is 5.14. The highest BCUT2D eigenvalue weighted by Crippen LogP contribution is 2.18. The van der Waals surface area contributed by atoms with Crippen molar-refractivity contribution in [3.63, 3.8) is 0 Å². The maximum absolute atomic E-state index is 12.5. The number of rotatable bonds is 4. The van der Waals surface area contributed by atoms with Crippen LogP contribution >= 0.6 is 0 Å². The SMILES string of the molecule is Cc1ccc(-n2c(O)c(/C=N/Nc3nc4c(c(=O)n(C)c(=O)n4C)n3C)c(=O)[nH]c2=O)cc1C. The molecular formula is C21H22N8O5. The standard InChI is InChI=1S/C21H22N8O5/c1-10-6-7-12(8-11(10)2)29-17(31)13(16(30)24-20(29)33)9-22-25-19-23-15-14(26(19)3)18(32)28(5)21(34)27(15)4/h6-9,31H,1-5H3,(H,23,25)(H,24,30,33)/b22-9+. The van der Waals surface area contributed by atoms with Crippen LogP contribution in [0.5, 0.6) is 5.88 Å². The Morgan fingerprint density at radius 3 is 2.41 bits per heavy atom. The van der Waals surface area contributed by atoms with Gasteiger partial charge in [0.25, 0.3) is 11.1 Å². The number of aromatic amines is 1. The molecule has 0 aliphatic heterocycles. The molecule has 0 saturated heterocycles. The normalized spacial score (nSPS) is 11.6. The quantitative estimate of drug-likeness (QED) is 0.272. The van der Waals surface area contributed by atoms with E-state index in [1.807, 2.05) is 13.8 Å². The highest BCUT2D eigenvalue weighted by Gasteiger charge is 2.17. The van der Waals surface area contributed by atoms with Gasteiger partial charge >= 0.3 is 11.4 Å². The van der Waals surface area contributed by atoms with Crippen molar-refractivity contribution < 1.29 is 5.11 Å². The molecule has 34 heavy (non-hydrogen) atoms. The van der Waals surface area contributed by atoms with Gasteiger partial charge in [-0.2, -0.15) is 10.1 Å². The number of aromatic hydroxyl groups is 1. The third-order valence-corrected chi connectivity index (χ3v) is 5.70. The highest BCUT2D eigenvalue weighted by molar-refractivity contribution is 5.83. The Kier molecular flexibility index (Phi) is 5.31. The van der Waals surface area contributed by atoms with Crippen LogP contribution in [0.1, 0.15) is 16.7 Å². The number of anilines is 1. The summed E-state index contributed by atoms with van der Waals surface area (Å²) in [6.45, 7) is 3.77. The van der Waals surface area contributed by atoms with Crippen LogP contribution in [0.3, 0.4) is 0 Å². The number of aromatic nitrogens is 6. The van der Waals surface area contributed by atoms with Gasteiger partial charge in [0.2, 0.25) is 11.8 Å². The molecule has 0 bridgehead atoms. The number of nitrogens with one attached hydrogen (secondary N) is 2. The number of benzene rings is 1. The Morgan fingerprint density at radius 1 is 1.03 bits per heavy atom. The molecule has 0 aliphatic carbocycles. The summed E-state index contributed by atoms with van der Waals surface area (Å²) in [5.41, 5.74) is 2.22. The lowest BCUT2D eigenvalue weighted by atomic mass is 10.1. The first kappa shape index (κ1) is 22.5. The van der Waals surface area contributed by atoms with Gasteiger partial charge in [-0.1, -0.05) is 6.07 Å². The lowest BCUT2D eigenvalue weighted by molar-refractivity contribution is 0.430. The van der Waals surface area contributed by atoms with Crippen LogP contribution in [0.2, 0.25) is 0 Å². The van der Waals surface area contributed by atoms with E-state index in [1.54, 1.807) is 25.2 Å². The van der Waals surface area contributed by atoms with Gasteiger partial charge in [0.15, 0.2) is 11.2 Å². The largest absolute Gasteiger partial charge is 0.493 e. The molecule has 3 N–H and O–H groups in total. The first-order valence-electron chi connectivity index (χ1n) is 10.1. The minimum absolute atomic E-state index is 0.114. The molecule has 3 heterocycles. The Balaban J connectivity index is 1.76. The van der Waals surface area contributed by atoms with Gasteiger partial charge < -0.3 is 9.67 Å². The molecule has 0 atom stereocenters. The van der Waals surface area contributed by atoms with Crippen LogP contribution < -0.4 is 27.9 Å². The van der Waals surface area contributed by atoms with Gasteiger partial charge in [-0.15, -0.1) is 0 Å². The molecule has 4 rings (SSSR count). The average molecular weight is 466 g/mol. The number of nitrogens with zero attached hydrogens (tertiary/aromatic N) is 6. The smallest absolute Gasteiger partial charge is 0.335 e. The second-order valence-corrected chi connectivity index (χ2v) is 7.84. The summed E-state index contributed by atoms with van der Waals surface area (Å²) in [5.74, 6) is -0.480. The minimum Gasteiger partial charge on any atom is -0.493 e. The summed E-state index contributed by atoms with van der Waals surface area (Å²) < 4.78 is 4.56. The molecule has 176 valence electrons. The van der Waals surface area contributed by atoms with Crippen molar-refractivity contribution in [1.29, 1.82) is 0 Å². The van der Waals surface area contributed by atoms with E-state index in [0.29, 0.717) is 5.69 Å². The average Bonchev–Trinajstić information content (AvgIpc) is 3.11. The molecule has 13 heteroatoms. The van der Waals surface area contributed by atoms with Gasteiger partial charge in [0.05, 0.1) is 11.9 Å². The number of hydrogen-bond acceptors (Lipinski definition) is 8. The van der Waals surface area contributed by atoms with E-state index >= 15 is 0 Å². The van der Waals surface area contributed by atoms with Crippen LogP contribution in [-0.4, -0.2) is 39.6 Å². The molecule has 0 saturated carbocycles. The maximum Gasteiger partial charge on any atom is 0.335 e. The second kappa shape index (κ2) is 8.03. The molecule has 4 aromatic rings. The third-order valence-electron chi connectivity index (χ3n) is 5.70. The molecule has 0 fully saturated rings. The number of fused-ring (bicyclic) bond motifs is 1. The molecule has 13 nitrogen and oxygen atoms in total. The molecule has 0 aliphatic rings. The Morgan fingerprint density at radius 2 is 1.74 bits per heavy atom. The summed E-state index contributed by atoms with van der Waals surface area (Å²) in [5, 5.41) is 14.6. The zero-order chi connectivity index (χ0) is 24.9. The second-order valence-electron chi connectivity index (χ2n) is 7.84. The fourth-order valence-electron chi connectivity index (χ4n) is 3.53. The summed E-state index contributed by atoms with van der Waals surface area (Å²) in [7, 11) is 4.41. The topological polar surface area (TPSA) is 161 Å². The van der Waals surface area contributed by atoms with Crippen molar-refractivity contribution >= 4 is 23.3 Å². The van der Waals surface area contributed by atoms with E-state index in [-0.39, 0.29) is 22.7 Å². The van der Waals surface area contributed by atoms with Crippen LogP contribution in [-0.2, 0) is 21.1 Å². The van der Waals surface area contributed by atoms with Gasteiger partial charge in [-0.25, -0.2) is 19.6 Å². The Hall–Kier alpha value is -4.68. The van der Waals surface area contributed by atoms with E-state index in [9.17, 15) is 24.3 Å². The predicted octanol–water partition coefficient (Wildman–Crippen LogP) is -0.422. The van der Waals surface area contributed by atoms with Crippen LogP contribution in [0.25, 0.3) is 16.9 Å². The summed E-state index contributed by atoms with van der Waals surface area (Å²) in [6.07, 6.45) is 1.03. The van der Waals surface area contributed by atoms with Crippen molar-refractivity contribution in [3.05, 3.63) is 76.6 Å². The molecular weight excluding hydrogens is 444 g/mol. The third kappa shape index (κ3) is 3.43. The maximum atomic E-state index is 12.5. The molecule has 0 radical (unpaired) electrons. The van der Waals surface area contributed by atoms with Crippen molar-refractivity contribution in [1.82, 2.24) is 28.2 Å². The monoisotopic (exact) mass is 466 g/mol. The summed E-state index contributed by atoms with van der Waals surface area (Å²) >= 11 is 0. The van der Waals surface area contributed by atoms with Crippen molar-refractivity contribution in [2.24, 2.45) is 26.2 Å². The van der Waals surface area contributed by atoms with Crippen LogP contribution in [0.4, 0.5) is 5.95 Å². The molecule has 0 spiro atoms. The molecule has 0 amide bonds. The number of hydrazone groups is 1. The fraction of sp³-hybridized carbons (Fsp3) is 0.238. The van der Waals surface area contributed by atoms with Gasteiger partial charge in [-0.3, -0.25) is 23.7 Å². The van der Waals surface area contributed by atoms with Gasteiger partial charge in [0, 0.05) is 21.1 Å². The van der Waals surface area contributed by atoms with Gasteiger partial charge in [-0.05, 0) is 37.1 Å². The lowest BCUT2D eigenvalue weighted by Crippen LogP contribution is -2.37. The Bertz CT molecular complexity index is 1730. The van der Waals surface area contributed by atoms with Crippen molar-refractivity contribution in [2.75, 3.05) is 5.43 Å². The van der Waals surface area contributed by atoms with E-state index in [4.69, 9.17) is 0 Å². The Labute approximate surface area is 190 Å². The number of H-pyrrole nitrogens is 1. The molecule has 0 unspecified atom stereocenters. The van der Waals surface area contributed by atoms with Crippen molar-refractivity contribution in [2.45, 2.75) is 13.8 Å². The first-order valence-corrected chi connectivity index (χ1v) is 10.1. The molecule has 1 aromatic carbocycles. The predicted molar refractivity (Wildman–Crippen MR) is 126 cm³/mol. The van der Waals surface area contributed by atoms with Gasteiger partial charge in [0.1, 0.15) is 5.56 Å². The lowest BCUT2D eigenvalue weighted by Gasteiger charge is -2.11. The van der Waals surface area contributed by atoms with E-state index in [2.05, 4.69) is 20.5 Å². The van der Waals surface area contributed by atoms with Crippen LogP contribution in [0, 0.1) is 13.8 Å². The van der Waals surface area contributed by atoms with Crippen molar-refractivity contribution in [3.8, 4) is 11.6 Å². The first-order chi connectivity index (χ1) is 16.0. The number of hydrogen-bond donors (Lipinski definition) is 3. The minimum atomic E-state index is -0.839.